The van der Waals surface area contributed by atoms with Crippen LogP contribution in [-0.2, 0) is 9.47 Å². The van der Waals surface area contributed by atoms with Gasteiger partial charge in [-0.15, -0.1) is 4.37 Å². The van der Waals surface area contributed by atoms with Crippen LogP contribution in [0.3, 0.4) is 0 Å². The number of carbonyl (C=O) groups is 1. The SMILES string of the molecule is CCCCCCCCCCOC(=O)OC[N+]1(C)CCC=C(c2nsnc2OCCCCCC)C1.[Cl-]. The molecular weight excluding hydrogens is 486 g/mol. The third-order valence-electron chi connectivity index (χ3n) is 6.32. The Morgan fingerprint density at radius 2 is 1.54 bits per heavy atom. The summed E-state index contributed by atoms with van der Waals surface area (Å²) in [6.45, 7) is 7.47. The first-order valence-electron chi connectivity index (χ1n) is 13.4. The Hall–Kier alpha value is -1.38. The molecule has 0 aliphatic carbocycles. The molecule has 0 aromatic carbocycles. The Morgan fingerprint density at radius 3 is 2.26 bits per heavy atom. The van der Waals surface area contributed by atoms with Crippen LogP contribution < -0.4 is 17.1 Å². The normalized spacial score (nSPS) is 17.4. The average Bonchev–Trinajstić information content (AvgIpc) is 3.30. The number of unbranched alkanes of at least 4 members (excludes halogenated alkanes) is 10. The minimum atomic E-state index is -0.565. The Balaban J connectivity index is 0.00000612. The van der Waals surface area contributed by atoms with Gasteiger partial charge in [-0.3, -0.25) is 4.48 Å². The molecule has 1 aliphatic rings. The molecule has 2 rings (SSSR count). The third kappa shape index (κ3) is 12.9. The van der Waals surface area contributed by atoms with Crippen LogP contribution in [0.5, 0.6) is 5.88 Å². The van der Waals surface area contributed by atoms with Crippen LogP contribution in [0.2, 0.25) is 0 Å². The lowest BCUT2D eigenvalue weighted by molar-refractivity contribution is -0.919. The number of hydrogen-bond acceptors (Lipinski definition) is 7. The second-order valence-electron chi connectivity index (χ2n) is 9.69. The lowest BCUT2D eigenvalue weighted by Crippen LogP contribution is -3.00. The van der Waals surface area contributed by atoms with Crippen molar-refractivity contribution in [3.8, 4) is 5.88 Å². The van der Waals surface area contributed by atoms with Crippen LogP contribution in [0, 0.1) is 0 Å². The molecule has 0 N–H and O–H groups in total. The minimum absolute atomic E-state index is 0. The molecule has 0 fully saturated rings. The topological polar surface area (TPSA) is 70.5 Å². The van der Waals surface area contributed by atoms with Crippen LogP contribution in [0.15, 0.2) is 6.08 Å². The van der Waals surface area contributed by atoms with E-state index in [-0.39, 0.29) is 12.4 Å². The standard InChI is InChI=1S/C26H46N3O4S.ClH/c1-4-6-8-10-11-12-13-15-20-32-26(30)33-22-29(3)18-16-17-23(21-29)24-25(28-34-27-24)31-19-14-9-7-5-2;/h17H,4-16,18-22H2,1-3H3;1H/q+1;/p-1. The molecule has 1 unspecified atom stereocenters. The van der Waals surface area contributed by atoms with Crippen molar-refractivity contribution in [1.82, 2.24) is 8.75 Å². The molecule has 2 heterocycles. The van der Waals surface area contributed by atoms with E-state index in [1.807, 2.05) is 0 Å². The zero-order valence-electron chi connectivity index (χ0n) is 22.1. The van der Waals surface area contributed by atoms with Gasteiger partial charge in [0.2, 0.25) is 6.73 Å². The van der Waals surface area contributed by atoms with Crippen molar-refractivity contribution in [2.45, 2.75) is 97.3 Å². The molecule has 0 spiro atoms. The van der Waals surface area contributed by atoms with Gasteiger partial charge in [-0.2, -0.15) is 4.37 Å². The summed E-state index contributed by atoms with van der Waals surface area (Å²) in [4.78, 5) is 12.1. The molecule has 1 aromatic heterocycles. The van der Waals surface area contributed by atoms with Crippen molar-refractivity contribution in [2.75, 3.05) is 40.1 Å². The third-order valence-corrected chi connectivity index (χ3v) is 6.83. The molecule has 0 amide bonds. The largest absolute Gasteiger partial charge is 1.00 e. The van der Waals surface area contributed by atoms with E-state index in [0.29, 0.717) is 30.3 Å². The molecule has 9 heteroatoms. The van der Waals surface area contributed by atoms with E-state index < -0.39 is 6.16 Å². The van der Waals surface area contributed by atoms with Crippen molar-refractivity contribution in [1.29, 1.82) is 0 Å². The van der Waals surface area contributed by atoms with Crippen LogP contribution in [0.4, 0.5) is 4.79 Å². The second kappa shape index (κ2) is 18.8. The maximum Gasteiger partial charge on any atom is 0.512 e. The zero-order valence-corrected chi connectivity index (χ0v) is 23.6. The van der Waals surface area contributed by atoms with Crippen LogP contribution >= 0.6 is 11.7 Å². The second-order valence-corrected chi connectivity index (χ2v) is 10.2. The summed E-state index contributed by atoms with van der Waals surface area (Å²) in [5.41, 5.74) is 1.95. The molecule has 1 atom stereocenters. The maximum absolute atomic E-state index is 12.1. The molecule has 0 radical (unpaired) electrons. The van der Waals surface area contributed by atoms with Gasteiger partial charge >= 0.3 is 6.16 Å². The van der Waals surface area contributed by atoms with Crippen LogP contribution in [-0.4, -0.2) is 59.5 Å². The van der Waals surface area contributed by atoms with Crippen molar-refractivity contribution >= 4 is 23.5 Å². The molecule has 35 heavy (non-hydrogen) atoms. The van der Waals surface area contributed by atoms with Gasteiger partial charge < -0.3 is 26.6 Å². The molecule has 202 valence electrons. The first-order valence-corrected chi connectivity index (χ1v) is 14.1. The Kier molecular flexibility index (Phi) is 17.0. The van der Waals surface area contributed by atoms with Gasteiger partial charge in [-0.05, 0) is 12.8 Å². The highest BCUT2D eigenvalue weighted by atomic mass is 35.5. The first-order chi connectivity index (χ1) is 16.6. The number of rotatable bonds is 18. The molecule has 0 saturated carbocycles. The van der Waals surface area contributed by atoms with Gasteiger partial charge in [-0.1, -0.05) is 84.1 Å². The van der Waals surface area contributed by atoms with Gasteiger partial charge in [0.15, 0.2) is 0 Å². The van der Waals surface area contributed by atoms with E-state index in [1.165, 1.54) is 69.5 Å². The number of quaternary nitrogens is 1. The number of nitrogens with zero attached hydrogens (tertiary/aromatic N) is 3. The number of hydrogen-bond donors (Lipinski definition) is 0. The number of aromatic nitrogens is 2. The maximum atomic E-state index is 12.1. The Labute approximate surface area is 222 Å². The number of halogens is 1. The Bertz CT molecular complexity index is 731. The summed E-state index contributed by atoms with van der Waals surface area (Å²) in [5, 5.41) is 0. The Morgan fingerprint density at radius 1 is 0.914 bits per heavy atom. The highest BCUT2D eigenvalue weighted by molar-refractivity contribution is 6.99. The van der Waals surface area contributed by atoms with Crippen molar-refractivity contribution in [3.63, 3.8) is 0 Å². The van der Waals surface area contributed by atoms with E-state index >= 15 is 0 Å². The molecular formula is C26H46ClN3O4S. The fourth-order valence-corrected chi connectivity index (χ4v) is 4.73. The summed E-state index contributed by atoms with van der Waals surface area (Å²) in [6, 6.07) is 0. The van der Waals surface area contributed by atoms with E-state index in [9.17, 15) is 4.79 Å². The van der Waals surface area contributed by atoms with Gasteiger partial charge in [0.05, 0.1) is 38.5 Å². The van der Waals surface area contributed by atoms with E-state index in [2.05, 4.69) is 35.7 Å². The predicted octanol–water partition coefficient (Wildman–Crippen LogP) is 3.99. The highest BCUT2D eigenvalue weighted by Crippen LogP contribution is 2.30. The summed E-state index contributed by atoms with van der Waals surface area (Å²) in [7, 11) is 2.10. The predicted molar refractivity (Wildman–Crippen MR) is 138 cm³/mol. The molecule has 7 nitrogen and oxygen atoms in total. The summed E-state index contributed by atoms with van der Waals surface area (Å²) >= 11 is 1.19. The zero-order chi connectivity index (χ0) is 24.5. The van der Waals surface area contributed by atoms with Crippen molar-refractivity contribution in [3.05, 3.63) is 11.8 Å². The highest BCUT2D eigenvalue weighted by Gasteiger charge is 2.31. The molecule has 1 aliphatic heterocycles. The molecule has 1 aromatic rings. The monoisotopic (exact) mass is 531 g/mol. The summed E-state index contributed by atoms with van der Waals surface area (Å²) in [5.74, 6) is 0.631. The first kappa shape index (κ1) is 31.6. The smallest absolute Gasteiger partial charge is 0.512 e. The summed E-state index contributed by atoms with van der Waals surface area (Å²) < 4.78 is 26.1. The number of ether oxygens (including phenoxy) is 3. The minimum Gasteiger partial charge on any atom is -1.00 e. The fourth-order valence-electron chi connectivity index (χ4n) is 4.20. The number of carbonyl (C=O) groups excluding carboxylic acids is 1. The van der Waals surface area contributed by atoms with Crippen molar-refractivity contribution < 1.29 is 35.9 Å². The van der Waals surface area contributed by atoms with Crippen LogP contribution in [0.25, 0.3) is 5.57 Å². The lowest BCUT2D eigenvalue weighted by atomic mass is 10.1. The quantitative estimate of drug-likeness (QED) is 0.162. The fraction of sp³-hybridized carbons (Fsp3) is 0.808. The van der Waals surface area contributed by atoms with Gasteiger partial charge in [0, 0.05) is 12.0 Å². The van der Waals surface area contributed by atoms with E-state index in [4.69, 9.17) is 14.2 Å². The lowest BCUT2D eigenvalue weighted by Gasteiger charge is -2.36. The number of likely N-dealkylation sites (N-methyl/N-ethyl adjacent to an activating group) is 1. The van der Waals surface area contributed by atoms with Crippen LogP contribution in [0.1, 0.15) is 103 Å². The van der Waals surface area contributed by atoms with Gasteiger partial charge in [-0.25, -0.2) is 4.79 Å². The van der Waals surface area contributed by atoms with Crippen molar-refractivity contribution in [2.24, 2.45) is 0 Å². The van der Waals surface area contributed by atoms with E-state index in [1.54, 1.807) is 0 Å². The van der Waals surface area contributed by atoms with E-state index in [0.717, 1.165) is 50.0 Å². The van der Waals surface area contributed by atoms with Gasteiger partial charge in [0.1, 0.15) is 12.2 Å². The molecule has 0 saturated heterocycles. The molecule has 0 bridgehead atoms. The summed E-state index contributed by atoms with van der Waals surface area (Å²) in [6.07, 6.45) is 16.9. The van der Waals surface area contributed by atoms with Gasteiger partial charge in [0.25, 0.3) is 5.88 Å². The average molecular weight is 532 g/mol.